The molecular weight excluding hydrogens is 136 g/mol. The van der Waals surface area contributed by atoms with Crippen LogP contribution in [0.3, 0.4) is 0 Å². The van der Waals surface area contributed by atoms with E-state index in [-0.39, 0.29) is 6.10 Å². The van der Waals surface area contributed by atoms with Gasteiger partial charge in [-0.05, 0) is 25.7 Å². The molecule has 0 heterocycles. The van der Waals surface area contributed by atoms with Gasteiger partial charge in [-0.15, -0.1) is 0 Å². The van der Waals surface area contributed by atoms with Crippen molar-refractivity contribution >= 4 is 0 Å². The topological polar surface area (TPSA) is 20.2 Å². The molecule has 0 amide bonds. The van der Waals surface area contributed by atoms with Crippen LogP contribution in [0, 0.1) is 10.8 Å². The van der Waals surface area contributed by atoms with E-state index in [2.05, 4.69) is 12.2 Å². The normalized spacial score (nSPS) is 58.8. The van der Waals surface area contributed by atoms with E-state index in [1.165, 1.54) is 19.3 Å². The summed E-state index contributed by atoms with van der Waals surface area (Å²) < 4.78 is 0. The van der Waals surface area contributed by atoms with E-state index < -0.39 is 0 Å². The molecule has 3 aliphatic carbocycles. The molecule has 0 aromatic carbocycles. The van der Waals surface area contributed by atoms with Crippen LogP contribution in [0.25, 0.3) is 0 Å². The Hall–Kier alpha value is -0.300. The molecule has 0 saturated heterocycles. The zero-order valence-corrected chi connectivity index (χ0v) is 6.71. The van der Waals surface area contributed by atoms with E-state index in [0.29, 0.717) is 10.8 Å². The van der Waals surface area contributed by atoms with Crippen molar-refractivity contribution in [2.24, 2.45) is 10.8 Å². The maximum atomic E-state index is 9.85. The van der Waals surface area contributed by atoms with Gasteiger partial charge in [0.2, 0.25) is 0 Å². The Labute approximate surface area is 67.1 Å². The quantitative estimate of drug-likeness (QED) is 0.523. The number of aliphatic hydroxyl groups is 1. The third-order valence-corrected chi connectivity index (χ3v) is 4.33. The number of hydrogen-bond donors (Lipinski definition) is 1. The first-order chi connectivity index (χ1) is 5.32. The van der Waals surface area contributed by atoms with Crippen molar-refractivity contribution in [2.75, 3.05) is 0 Å². The Bertz CT molecular complexity index is 211. The Kier molecular flexibility index (Phi) is 0.885. The van der Waals surface area contributed by atoms with Crippen molar-refractivity contribution in [3.8, 4) is 0 Å². The van der Waals surface area contributed by atoms with Gasteiger partial charge < -0.3 is 5.11 Å². The molecule has 0 aromatic rings. The molecule has 2 fully saturated rings. The molecule has 3 rings (SSSR count). The Morgan fingerprint density at radius 1 is 1.09 bits per heavy atom. The number of allylic oxidation sites excluding steroid dienone is 2. The fourth-order valence-electron chi connectivity index (χ4n) is 3.62. The standard InChI is InChI=1S/C10H14O/c11-8-9-4-1-2-5-10(8,9)7-3-6-9/h1-2,8,11H,3-7H2/t9-,10-/m1/s1. The fourth-order valence-corrected chi connectivity index (χ4v) is 3.62. The van der Waals surface area contributed by atoms with Crippen LogP contribution in [0.15, 0.2) is 12.2 Å². The van der Waals surface area contributed by atoms with E-state index in [9.17, 15) is 5.11 Å². The van der Waals surface area contributed by atoms with Crippen molar-refractivity contribution in [2.45, 2.75) is 38.2 Å². The highest BCUT2D eigenvalue weighted by atomic mass is 16.3. The second kappa shape index (κ2) is 1.56. The van der Waals surface area contributed by atoms with Crippen molar-refractivity contribution in [3.05, 3.63) is 12.2 Å². The minimum Gasteiger partial charge on any atom is -0.392 e. The van der Waals surface area contributed by atoms with Crippen molar-refractivity contribution in [1.82, 2.24) is 0 Å². The van der Waals surface area contributed by atoms with Gasteiger partial charge in [0.05, 0.1) is 6.10 Å². The zero-order valence-electron chi connectivity index (χ0n) is 6.71. The van der Waals surface area contributed by atoms with Gasteiger partial charge >= 0.3 is 0 Å². The number of hydrogen-bond acceptors (Lipinski definition) is 1. The molecule has 0 radical (unpaired) electrons. The maximum Gasteiger partial charge on any atom is 0.0671 e. The molecule has 0 bridgehead atoms. The molecular formula is C10H14O. The Balaban J connectivity index is 2.05. The highest BCUT2D eigenvalue weighted by molar-refractivity contribution is 5.31. The molecule has 11 heavy (non-hydrogen) atoms. The summed E-state index contributed by atoms with van der Waals surface area (Å²) >= 11 is 0. The highest BCUT2D eigenvalue weighted by Gasteiger charge is 2.76. The van der Waals surface area contributed by atoms with Crippen LogP contribution in [-0.2, 0) is 0 Å². The second-order valence-electron chi connectivity index (χ2n) is 4.45. The molecule has 2 saturated carbocycles. The summed E-state index contributed by atoms with van der Waals surface area (Å²) in [5.74, 6) is 0. The summed E-state index contributed by atoms with van der Waals surface area (Å²) in [7, 11) is 0. The van der Waals surface area contributed by atoms with Gasteiger partial charge in [-0.1, -0.05) is 18.6 Å². The molecule has 3 aliphatic rings. The van der Waals surface area contributed by atoms with Crippen molar-refractivity contribution < 1.29 is 5.11 Å². The Morgan fingerprint density at radius 3 is 2.18 bits per heavy atom. The zero-order chi connectivity index (χ0) is 7.53. The molecule has 0 spiro atoms. The van der Waals surface area contributed by atoms with Crippen LogP contribution >= 0.6 is 0 Å². The third-order valence-electron chi connectivity index (χ3n) is 4.33. The lowest BCUT2D eigenvalue weighted by Crippen LogP contribution is -2.08. The first kappa shape index (κ1) is 6.24. The molecule has 1 nitrogen and oxygen atoms in total. The maximum absolute atomic E-state index is 9.85. The summed E-state index contributed by atoms with van der Waals surface area (Å²) in [6.45, 7) is 0. The summed E-state index contributed by atoms with van der Waals surface area (Å²) in [5.41, 5.74) is 0.726. The van der Waals surface area contributed by atoms with E-state index in [1.54, 1.807) is 0 Å². The monoisotopic (exact) mass is 150 g/mol. The average Bonchev–Trinajstić information content (AvgIpc) is 2.44. The van der Waals surface area contributed by atoms with Crippen LogP contribution in [-0.4, -0.2) is 11.2 Å². The minimum atomic E-state index is 0.0405. The van der Waals surface area contributed by atoms with Crippen LogP contribution in [0.5, 0.6) is 0 Å². The van der Waals surface area contributed by atoms with Gasteiger partial charge in [0.1, 0.15) is 0 Å². The third kappa shape index (κ3) is 0.451. The van der Waals surface area contributed by atoms with Crippen molar-refractivity contribution in [3.63, 3.8) is 0 Å². The lowest BCUT2D eigenvalue weighted by Gasteiger charge is -2.17. The second-order valence-corrected chi connectivity index (χ2v) is 4.45. The van der Waals surface area contributed by atoms with Gasteiger partial charge in [-0.3, -0.25) is 0 Å². The van der Waals surface area contributed by atoms with Gasteiger partial charge in [0, 0.05) is 10.8 Å². The lowest BCUT2D eigenvalue weighted by atomic mass is 9.86. The number of aliphatic hydroxyl groups excluding tert-OH is 1. The molecule has 0 unspecified atom stereocenters. The average molecular weight is 150 g/mol. The van der Waals surface area contributed by atoms with Crippen LogP contribution in [0.2, 0.25) is 0 Å². The lowest BCUT2D eigenvalue weighted by molar-refractivity contribution is 0.190. The molecule has 0 aliphatic heterocycles. The minimum absolute atomic E-state index is 0.0405. The summed E-state index contributed by atoms with van der Waals surface area (Å²) in [4.78, 5) is 0. The van der Waals surface area contributed by atoms with E-state index in [4.69, 9.17) is 0 Å². The highest BCUT2D eigenvalue weighted by Crippen LogP contribution is 2.77. The summed E-state index contributed by atoms with van der Waals surface area (Å²) in [5, 5.41) is 9.85. The van der Waals surface area contributed by atoms with Gasteiger partial charge in [0.25, 0.3) is 0 Å². The van der Waals surface area contributed by atoms with Crippen LogP contribution < -0.4 is 0 Å². The summed E-state index contributed by atoms with van der Waals surface area (Å²) in [6, 6.07) is 0. The van der Waals surface area contributed by atoms with Gasteiger partial charge in [0.15, 0.2) is 0 Å². The fraction of sp³-hybridized carbons (Fsp3) is 0.800. The largest absolute Gasteiger partial charge is 0.392 e. The first-order valence-corrected chi connectivity index (χ1v) is 4.65. The predicted molar refractivity (Wildman–Crippen MR) is 43.1 cm³/mol. The first-order valence-electron chi connectivity index (χ1n) is 4.65. The molecule has 1 heteroatoms. The smallest absolute Gasteiger partial charge is 0.0671 e. The molecule has 0 aromatic heterocycles. The number of rotatable bonds is 0. The van der Waals surface area contributed by atoms with E-state index >= 15 is 0 Å². The summed E-state index contributed by atoms with van der Waals surface area (Å²) in [6.07, 6.45) is 10.8. The molecule has 1 N–H and O–H groups in total. The van der Waals surface area contributed by atoms with Crippen molar-refractivity contribution in [1.29, 1.82) is 0 Å². The predicted octanol–water partition coefficient (Wildman–Crippen LogP) is 1.87. The molecule has 2 atom stereocenters. The van der Waals surface area contributed by atoms with Crippen LogP contribution in [0.1, 0.15) is 32.1 Å². The van der Waals surface area contributed by atoms with Gasteiger partial charge in [-0.25, -0.2) is 0 Å². The van der Waals surface area contributed by atoms with Crippen LogP contribution in [0.4, 0.5) is 0 Å². The SMILES string of the molecule is OC1[C@]23CC=CC[C@@]12CCC3. The molecule has 60 valence electrons. The van der Waals surface area contributed by atoms with E-state index in [0.717, 1.165) is 12.8 Å². The Morgan fingerprint density at radius 2 is 1.64 bits per heavy atom. The van der Waals surface area contributed by atoms with E-state index in [1.807, 2.05) is 0 Å². The van der Waals surface area contributed by atoms with Gasteiger partial charge in [-0.2, -0.15) is 0 Å².